The molecule has 2 rings (SSSR count). The molecular formula is C9H15NO. The molecule has 1 unspecified atom stereocenters. The summed E-state index contributed by atoms with van der Waals surface area (Å²) in [4.78, 5) is 10.7. The summed E-state index contributed by atoms with van der Waals surface area (Å²) in [6.45, 7) is 0. The molecule has 2 fully saturated rings. The van der Waals surface area contributed by atoms with Crippen LogP contribution in [0, 0.1) is 17.8 Å². The lowest BCUT2D eigenvalue weighted by Crippen LogP contribution is -2.20. The molecule has 0 spiro atoms. The van der Waals surface area contributed by atoms with E-state index in [1.807, 2.05) is 0 Å². The fourth-order valence-electron chi connectivity index (χ4n) is 2.88. The van der Waals surface area contributed by atoms with E-state index in [0.29, 0.717) is 12.3 Å². The van der Waals surface area contributed by atoms with E-state index in [-0.39, 0.29) is 5.91 Å². The first-order valence-electron chi connectivity index (χ1n) is 4.54. The average molecular weight is 153 g/mol. The molecule has 2 bridgehead atoms. The highest BCUT2D eigenvalue weighted by Crippen LogP contribution is 2.49. The number of hydrogen-bond acceptors (Lipinski definition) is 1. The van der Waals surface area contributed by atoms with Crippen molar-refractivity contribution in [2.24, 2.45) is 23.5 Å². The number of nitrogens with two attached hydrogens (primary N) is 1. The first-order chi connectivity index (χ1) is 5.25. The van der Waals surface area contributed by atoms with Gasteiger partial charge in [0.1, 0.15) is 0 Å². The van der Waals surface area contributed by atoms with Gasteiger partial charge in [-0.2, -0.15) is 0 Å². The molecule has 1 amide bonds. The van der Waals surface area contributed by atoms with Gasteiger partial charge in [-0.05, 0) is 37.0 Å². The van der Waals surface area contributed by atoms with Gasteiger partial charge in [0.05, 0.1) is 0 Å². The Bertz CT molecular complexity index is 178. The van der Waals surface area contributed by atoms with Gasteiger partial charge in [0, 0.05) is 6.42 Å². The normalized spacial score (nSPS) is 41.3. The van der Waals surface area contributed by atoms with Gasteiger partial charge < -0.3 is 5.73 Å². The van der Waals surface area contributed by atoms with Gasteiger partial charge in [0.2, 0.25) is 5.91 Å². The molecule has 11 heavy (non-hydrogen) atoms. The lowest BCUT2D eigenvalue weighted by molar-refractivity contribution is -0.119. The maximum absolute atomic E-state index is 10.7. The van der Waals surface area contributed by atoms with Crippen molar-refractivity contribution >= 4 is 5.91 Å². The van der Waals surface area contributed by atoms with Crippen molar-refractivity contribution in [3.05, 3.63) is 0 Å². The summed E-state index contributed by atoms with van der Waals surface area (Å²) < 4.78 is 0. The Hall–Kier alpha value is -0.530. The molecule has 0 radical (unpaired) electrons. The summed E-state index contributed by atoms with van der Waals surface area (Å²) in [5, 5.41) is 0. The molecule has 62 valence electrons. The lowest BCUT2D eigenvalue weighted by atomic mass is 9.86. The SMILES string of the molecule is NC(=O)CC1C[C@@H]2CC[C@@H]1C2. The van der Waals surface area contributed by atoms with E-state index < -0.39 is 0 Å². The molecule has 2 heteroatoms. The Morgan fingerprint density at radius 3 is 2.64 bits per heavy atom. The molecule has 0 aromatic rings. The standard InChI is InChI=1S/C9H15NO/c10-9(11)5-8-4-6-1-2-7(8)3-6/h6-8H,1-5H2,(H2,10,11)/t6-,7-,8?/m1/s1. The lowest BCUT2D eigenvalue weighted by Gasteiger charge is -2.19. The third-order valence-electron chi connectivity index (χ3n) is 3.35. The zero-order valence-corrected chi connectivity index (χ0v) is 6.75. The van der Waals surface area contributed by atoms with Gasteiger partial charge in [0.25, 0.3) is 0 Å². The minimum atomic E-state index is -0.109. The number of hydrogen-bond donors (Lipinski definition) is 1. The van der Waals surface area contributed by atoms with Gasteiger partial charge >= 0.3 is 0 Å². The maximum Gasteiger partial charge on any atom is 0.217 e. The van der Waals surface area contributed by atoms with Crippen molar-refractivity contribution in [2.45, 2.75) is 32.1 Å². The van der Waals surface area contributed by atoms with Crippen LogP contribution in [0.2, 0.25) is 0 Å². The number of amides is 1. The van der Waals surface area contributed by atoms with E-state index in [1.165, 1.54) is 25.7 Å². The minimum absolute atomic E-state index is 0.109. The zero-order chi connectivity index (χ0) is 7.84. The highest BCUT2D eigenvalue weighted by molar-refractivity contribution is 5.74. The van der Waals surface area contributed by atoms with E-state index in [4.69, 9.17) is 5.73 Å². The fourth-order valence-corrected chi connectivity index (χ4v) is 2.88. The van der Waals surface area contributed by atoms with Gasteiger partial charge in [-0.25, -0.2) is 0 Å². The van der Waals surface area contributed by atoms with Crippen molar-refractivity contribution in [1.29, 1.82) is 0 Å². The second kappa shape index (κ2) is 2.50. The molecule has 3 atom stereocenters. The molecular weight excluding hydrogens is 138 g/mol. The summed E-state index contributed by atoms with van der Waals surface area (Å²) in [5.74, 6) is 2.31. The summed E-state index contributed by atoms with van der Waals surface area (Å²) in [7, 11) is 0. The van der Waals surface area contributed by atoms with E-state index in [0.717, 1.165) is 11.8 Å². The average Bonchev–Trinajstić information content (AvgIpc) is 2.45. The van der Waals surface area contributed by atoms with Crippen LogP contribution in [0.1, 0.15) is 32.1 Å². The monoisotopic (exact) mass is 153 g/mol. The minimum Gasteiger partial charge on any atom is -0.370 e. The van der Waals surface area contributed by atoms with Crippen LogP contribution in [-0.4, -0.2) is 5.91 Å². The topological polar surface area (TPSA) is 43.1 Å². The van der Waals surface area contributed by atoms with Crippen LogP contribution in [0.5, 0.6) is 0 Å². The molecule has 2 nitrogen and oxygen atoms in total. The van der Waals surface area contributed by atoms with Crippen LogP contribution in [0.15, 0.2) is 0 Å². The van der Waals surface area contributed by atoms with Crippen molar-refractivity contribution < 1.29 is 4.79 Å². The number of rotatable bonds is 2. The van der Waals surface area contributed by atoms with Crippen LogP contribution < -0.4 is 5.73 Å². The number of fused-ring (bicyclic) bond motifs is 2. The Morgan fingerprint density at radius 1 is 1.36 bits per heavy atom. The predicted molar refractivity (Wildman–Crippen MR) is 42.7 cm³/mol. The summed E-state index contributed by atoms with van der Waals surface area (Å²) in [6.07, 6.45) is 6.04. The van der Waals surface area contributed by atoms with E-state index in [2.05, 4.69) is 0 Å². The van der Waals surface area contributed by atoms with Gasteiger partial charge in [0.15, 0.2) is 0 Å². The summed E-state index contributed by atoms with van der Waals surface area (Å²) >= 11 is 0. The fraction of sp³-hybridized carbons (Fsp3) is 0.889. The summed E-state index contributed by atoms with van der Waals surface area (Å²) in [6, 6.07) is 0. The zero-order valence-electron chi connectivity index (χ0n) is 6.75. The smallest absolute Gasteiger partial charge is 0.217 e. The maximum atomic E-state index is 10.7. The van der Waals surface area contributed by atoms with Crippen LogP contribution in [0.4, 0.5) is 0 Å². The molecule has 2 saturated carbocycles. The van der Waals surface area contributed by atoms with Crippen molar-refractivity contribution in [2.75, 3.05) is 0 Å². The largest absolute Gasteiger partial charge is 0.370 e. The van der Waals surface area contributed by atoms with Crippen molar-refractivity contribution in [3.63, 3.8) is 0 Å². The molecule has 0 aromatic carbocycles. The number of carbonyl (C=O) groups is 1. The summed E-state index contributed by atoms with van der Waals surface area (Å²) in [5.41, 5.74) is 5.17. The van der Waals surface area contributed by atoms with Gasteiger partial charge in [-0.3, -0.25) is 4.79 Å². The molecule has 2 N–H and O–H groups in total. The Labute approximate surface area is 67.1 Å². The molecule has 2 aliphatic carbocycles. The van der Waals surface area contributed by atoms with Gasteiger partial charge in [-0.1, -0.05) is 6.42 Å². The van der Waals surface area contributed by atoms with Crippen molar-refractivity contribution in [3.8, 4) is 0 Å². The Morgan fingerprint density at radius 2 is 2.18 bits per heavy atom. The van der Waals surface area contributed by atoms with E-state index in [1.54, 1.807) is 0 Å². The van der Waals surface area contributed by atoms with Crippen LogP contribution in [-0.2, 0) is 4.79 Å². The Kier molecular flexibility index (Phi) is 1.63. The first-order valence-corrected chi connectivity index (χ1v) is 4.54. The van der Waals surface area contributed by atoms with E-state index in [9.17, 15) is 4.79 Å². The number of carbonyl (C=O) groups excluding carboxylic acids is 1. The molecule has 0 heterocycles. The molecule has 0 aliphatic heterocycles. The third-order valence-corrected chi connectivity index (χ3v) is 3.35. The third kappa shape index (κ3) is 1.26. The molecule has 2 aliphatic rings. The Balaban J connectivity index is 1.92. The second-order valence-corrected chi connectivity index (χ2v) is 4.11. The molecule has 0 saturated heterocycles. The highest BCUT2D eigenvalue weighted by atomic mass is 16.1. The van der Waals surface area contributed by atoms with Crippen LogP contribution in [0.3, 0.4) is 0 Å². The predicted octanol–water partition coefficient (Wildman–Crippen LogP) is 1.30. The van der Waals surface area contributed by atoms with Crippen LogP contribution in [0.25, 0.3) is 0 Å². The molecule has 0 aromatic heterocycles. The second-order valence-electron chi connectivity index (χ2n) is 4.11. The number of primary amides is 1. The highest BCUT2D eigenvalue weighted by Gasteiger charge is 2.39. The first kappa shape index (κ1) is 7.14. The van der Waals surface area contributed by atoms with Crippen molar-refractivity contribution in [1.82, 2.24) is 0 Å². The van der Waals surface area contributed by atoms with Gasteiger partial charge in [-0.15, -0.1) is 0 Å². The quantitative estimate of drug-likeness (QED) is 0.638. The van der Waals surface area contributed by atoms with Crippen LogP contribution >= 0.6 is 0 Å². The van der Waals surface area contributed by atoms with E-state index >= 15 is 0 Å².